The van der Waals surface area contributed by atoms with Crippen molar-refractivity contribution in [3.8, 4) is 89.5 Å². The van der Waals surface area contributed by atoms with Gasteiger partial charge in [-0.3, -0.25) is 0 Å². The molecular formula is C57H40N2. The zero-order valence-corrected chi connectivity index (χ0v) is 33.3. The van der Waals surface area contributed by atoms with Gasteiger partial charge in [-0.05, 0) is 121 Å². The Kier molecular flexibility index (Phi) is 7.14. The Morgan fingerprint density at radius 3 is 1.63 bits per heavy atom. The summed E-state index contributed by atoms with van der Waals surface area (Å²) >= 11 is 0. The van der Waals surface area contributed by atoms with Crippen LogP contribution in [0.3, 0.4) is 0 Å². The van der Waals surface area contributed by atoms with Gasteiger partial charge in [-0.15, -0.1) is 0 Å². The van der Waals surface area contributed by atoms with Crippen molar-refractivity contribution in [3.05, 3.63) is 216 Å². The lowest BCUT2D eigenvalue weighted by Gasteiger charge is -2.32. The van der Waals surface area contributed by atoms with E-state index in [9.17, 15) is 0 Å². The summed E-state index contributed by atoms with van der Waals surface area (Å²) in [6.45, 7) is 7.25. The molecule has 0 radical (unpaired) electrons. The molecule has 3 aliphatic rings. The van der Waals surface area contributed by atoms with Gasteiger partial charge in [-0.2, -0.15) is 0 Å². The maximum atomic E-state index is 5.33. The molecule has 0 N–H and O–H groups in total. The van der Waals surface area contributed by atoms with Crippen molar-refractivity contribution in [2.75, 3.05) is 0 Å². The Labute approximate surface area is 345 Å². The van der Waals surface area contributed by atoms with Crippen LogP contribution in [0, 0.1) is 0 Å². The molecule has 9 aromatic rings. The summed E-state index contributed by atoms with van der Waals surface area (Å²) in [5, 5.41) is 0. The molecule has 1 unspecified atom stereocenters. The molecular weight excluding hydrogens is 713 g/mol. The van der Waals surface area contributed by atoms with Crippen molar-refractivity contribution in [1.82, 2.24) is 9.97 Å². The fraction of sp³-hybridized carbons (Fsp3) is 0.0877. The smallest absolute Gasteiger partial charge is 0.160 e. The monoisotopic (exact) mass is 752 g/mol. The number of benzene rings is 8. The molecule has 1 heterocycles. The van der Waals surface area contributed by atoms with Gasteiger partial charge >= 0.3 is 0 Å². The maximum absolute atomic E-state index is 5.33. The third-order valence-corrected chi connectivity index (χ3v) is 13.5. The second kappa shape index (κ2) is 12.4. The summed E-state index contributed by atoms with van der Waals surface area (Å²) in [5.74, 6) is 0.712. The Morgan fingerprint density at radius 1 is 0.305 bits per heavy atom. The van der Waals surface area contributed by atoms with Crippen LogP contribution in [0.25, 0.3) is 89.5 Å². The minimum atomic E-state index is -0.445. The first-order valence-corrected chi connectivity index (χ1v) is 20.6. The third kappa shape index (κ3) is 4.93. The van der Waals surface area contributed by atoms with Crippen LogP contribution in [0.15, 0.2) is 188 Å². The predicted molar refractivity (Wildman–Crippen MR) is 243 cm³/mol. The zero-order chi connectivity index (χ0) is 39.5. The van der Waals surface area contributed by atoms with Crippen LogP contribution in [-0.4, -0.2) is 9.97 Å². The predicted octanol–water partition coefficient (Wildman–Crippen LogP) is 14.4. The summed E-state index contributed by atoms with van der Waals surface area (Å²) in [6, 6.07) is 69.1. The van der Waals surface area contributed by atoms with Gasteiger partial charge in [0.05, 0.1) is 11.4 Å². The quantitative estimate of drug-likeness (QED) is 0.179. The summed E-state index contributed by atoms with van der Waals surface area (Å²) < 4.78 is 0. The van der Waals surface area contributed by atoms with E-state index in [0.717, 1.165) is 28.1 Å². The number of hydrogen-bond donors (Lipinski definition) is 0. The largest absolute Gasteiger partial charge is 0.228 e. The van der Waals surface area contributed by atoms with E-state index >= 15 is 0 Å². The highest BCUT2D eigenvalue weighted by atomic mass is 14.9. The van der Waals surface area contributed by atoms with Gasteiger partial charge in [0, 0.05) is 27.5 Å². The van der Waals surface area contributed by atoms with E-state index < -0.39 is 5.41 Å². The SMILES string of the molecule is CC1(C)c2cc3c4cc2-c2c(cccc21)-c1cccc(c1)-c1ccc(-c2cc(-c5ccc(-c6ccccc6)cc5)nc(-c5ccccc5)n2)cc1C4(C)c1ccccc1-3. The van der Waals surface area contributed by atoms with Crippen molar-refractivity contribution >= 4 is 0 Å². The molecule has 2 heteroatoms. The molecule has 0 fully saturated rings. The molecule has 0 saturated heterocycles. The third-order valence-electron chi connectivity index (χ3n) is 13.5. The molecule has 0 amide bonds. The second-order valence-corrected chi connectivity index (χ2v) is 17.1. The topological polar surface area (TPSA) is 25.8 Å². The average Bonchev–Trinajstić information content (AvgIpc) is 3.69. The minimum Gasteiger partial charge on any atom is -0.228 e. The minimum absolute atomic E-state index is 0.126. The Balaban J connectivity index is 1.11. The number of rotatable bonds is 4. The van der Waals surface area contributed by atoms with Gasteiger partial charge in [-0.1, -0.05) is 172 Å². The first kappa shape index (κ1) is 33.9. The van der Waals surface area contributed by atoms with E-state index in [1.165, 1.54) is 83.5 Å². The van der Waals surface area contributed by atoms with Crippen LogP contribution >= 0.6 is 0 Å². The van der Waals surface area contributed by atoms with Gasteiger partial charge in [0.15, 0.2) is 5.82 Å². The summed E-state index contributed by atoms with van der Waals surface area (Å²) in [7, 11) is 0. The average molecular weight is 753 g/mol. The summed E-state index contributed by atoms with van der Waals surface area (Å²) in [4.78, 5) is 10.5. The van der Waals surface area contributed by atoms with Crippen LogP contribution in [-0.2, 0) is 10.8 Å². The fourth-order valence-corrected chi connectivity index (χ4v) is 10.4. The summed E-state index contributed by atoms with van der Waals surface area (Å²) in [5.41, 5.74) is 23.9. The van der Waals surface area contributed by atoms with Gasteiger partial charge in [0.1, 0.15) is 0 Å². The maximum Gasteiger partial charge on any atom is 0.160 e. The molecule has 0 aliphatic heterocycles. The van der Waals surface area contributed by atoms with Crippen molar-refractivity contribution in [2.24, 2.45) is 0 Å². The van der Waals surface area contributed by atoms with E-state index in [2.05, 4.69) is 203 Å². The number of aromatic nitrogens is 2. The lowest BCUT2D eigenvalue weighted by atomic mass is 9.70. The highest BCUT2D eigenvalue weighted by molar-refractivity contribution is 5.98. The van der Waals surface area contributed by atoms with Crippen LogP contribution in [0.2, 0.25) is 0 Å². The molecule has 0 saturated carbocycles. The van der Waals surface area contributed by atoms with E-state index in [-0.39, 0.29) is 5.41 Å². The lowest BCUT2D eigenvalue weighted by Crippen LogP contribution is -2.24. The van der Waals surface area contributed by atoms with E-state index in [0.29, 0.717) is 5.82 Å². The Hall–Kier alpha value is -7.16. The lowest BCUT2D eigenvalue weighted by molar-refractivity contribution is 0.659. The van der Waals surface area contributed by atoms with Crippen LogP contribution in [0.1, 0.15) is 48.6 Å². The molecule has 1 atom stereocenters. The molecule has 4 bridgehead atoms. The van der Waals surface area contributed by atoms with Crippen molar-refractivity contribution in [1.29, 1.82) is 0 Å². The van der Waals surface area contributed by atoms with Gasteiger partial charge in [0.2, 0.25) is 0 Å². The van der Waals surface area contributed by atoms with E-state index in [1.807, 2.05) is 6.07 Å². The van der Waals surface area contributed by atoms with Crippen LogP contribution in [0.4, 0.5) is 0 Å². The number of hydrogen-bond acceptors (Lipinski definition) is 2. The summed E-state index contributed by atoms with van der Waals surface area (Å²) in [6.07, 6.45) is 0. The van der Waals surface area contributed by atoms with Crippen LogP contribution < -0.4 is 0 Å². The zero-order valence-electron chi connectivity index (χ0n) is 33.3. The Morgan fingerprint density at radius 2 is 0.847 bits per heavy atom. The molecule has 1 aromatic heterocycles. The van der Waals surface area contributed by atoms with Crippen molar-refractivity contribution in [2.45, 2.75) is 31.6 Å². The van der Waals surface area contributed by atoms with Crippen molar-refractivity contribution < 1.29 is 0 Å². The first-order valence-electron chi connectivity index (χ1n) is 20.6. The van der Waals surface area contributed by atoms with Gasteiger partial charge < -0.3 is 0 Å². The first-order chi connectivity index (χ1) is 28.9. The van der Waals surface area contributed by atoms with Gasteiger partial charge in [0.25, 0.3) is 0 Å². The molecule has 0 spiro atoms. The fourth-order valence-electron chi connectivity index (χ4n) is 10.4. The van der Waals surface area contributed by atoms with E-state index in [1.54, 1.807) is 0 Å². The van der Waals surface area contributed by atoms with Gasteiger partial charge in [-0.25, -0.2) is 9.97 Å². The molecule has 12 rings (SSSR count). The molecule has 2 nitrogen and oxygen atoms in total. The second-order valence-electron chi connectivity index (χ2n) is 17.1. The molecule has 8 aromatic carbocycles. The number of nitrogens with zero attached hydrogens (tertiary/aromatic N) is 2. The normalized spacial score (nSPS) is 15.9. The standard InChI is InChI=1S/C57H40N2/c1-56(2)48-23-13-21-43-40-19-12-18-39(30-40)42-29-28-41(31-50(42)57(3)47-22-11-10-20-44(47)45-32-49(56)46(54(43)48)33-51(45)57)53-34-52(58-55(59-53)38-16-8-5-9-17-38)37-26-24-36(25-27-37)35-14-6-4-7-15-35/h4-34H,1-3H3. The molecule has 59 heavy (non-hydrogen) atoms. The van der Waals surface area contributed by atoms with Crippen molar-refractivity contribution in [3.63, 3.8) is 0 Å². The highest BCUT2D eigenvalue weighted by Gasteiger charge is 2.46. The molecule has 278 valence electrons. The van der Waals surface area contributed by atoms with Crippen LogP contribution in [0.5, 0.6) is 0 Å². The Bertz CT molecular complexity index is 3180. The van der Waals surface area contributed by atoms with E-state index in [4.69, 9.17) is 9.97 Å². The highest BCUT2D eigenvalue weighted by Crippen LogP contribution is 2.60. The number of fused-ring (bicyclic) bond motifs is 9. The molecule has 3 aliphatic carbocycles.